The molecule has 2 N–H and O–H groups in total. The van der Waals surface area contributed by atoms with Crippen LogP contribution in [0.3, 0.4) is 0 Å². The number of hydrogen-bond donors (Lipinski definition) is 1. The van der Waals surface area contributed by atoms with Crippen LogP contribution in [0.2, 0.25) is 0 Å². The van der Waals surface area contributed by atoms with Gasteiger partial charge in [-0.05, 0) is 42.9 Å². The highest BCUT2D eigenvalue weighted by Gasteiger charge is 2.35. The van der Waals surface area contributed by atoms with Gasteiger partial charge in [0.2, 0.25) is 0 Å². The normalized spacial score (nSPS) is 17.5. The van der Waals surface area contributed by atoms with E-state index in [1.54, 1.807) is 0 Å². The van der Waals surface area contributed by atoms with Crippen LogP contribution in [-0.2, 0) is 6.42 Å². The first kappa shape index (κ1) is 12.0. The van der Waals surface area contributed by atoms with Crippen LogP contribution >= 0.6 is 0 Å². The van der Waals surface area contributed by atoms with Crippen LogP contribution < -0.4 is 5.73 Å². The first-order chi connectivity index (χ1) is 8.04. The molecule has 1 aromatic rings. The maximum Gasteiger partial charge on any atom is 0.272 e. The van der Waals surface area contributed by atoms with Gasteiger partial charge in [0, 0.05) is 6.07 Å². The van der Waals surface area contributed by atoms with Gasteiger partial charge in [-0.15, -0.1) is 0 Å². The Morgan fingerprint density at radius 2 is 2.12 bits per heavy atom. The van der Waals surface area contributed by atoms with Crippen molar-refractivity contribution in [2.45, 2.75) is 25.7 Å². The van der Waals surface area contributed by atoms with Crippen LogP contribution in [0, 0.1) is 21.3 Å². The summed E-state index contributed by atoms with van der Waals surface area (Å²) in [5, 5.41) is 10.6. The molecule has 1 aliphatic rings. The molecule has 0 unspecified atom stereocenters. The molecule has 0 aliphatic heterocycles. The lowest BCUT2D eigenvalue weighted by molar-refractivity contribution is -0.385. The summed E-state index contributed by atoms with van der Waals surface area (Å²) in [7, 11) is 0. The number of nitrogens with zero attached hydrogens (tertiary/aromatic N) is 1. The molecule has 0 radical (unpaired) electrons. The summed E-state index contributed by atoms with van der Waals surface area (Å²) >= 11 is 0. The highest BCUT2D eigenvalue weighted by atomic mass is 19.1. The Morgan fingerprint density at radius 3 is 2.59 bits per heavy atom. The van der Waals surface area contributed by atoms with E-state index in [9.17, 15) is 14.5 Å². The molecule has 1 saturated carbocycles. The molecule has 4 nitrogen and oxygen atoms in total. The van der Waals surface area contributed by atoms with Crippen molar-refractivity contribution in [2.24, 2.45) is 11.1 Å². The van der Waals surface area contributed by atoms with E-state index in [1.807, 2.05) is 0 Å². The monoisotopic (exact) mass is 238 g/mol. The zero-order valence-corrected chi connectivity index (χ0v) is 9.49. The summed E-state index contributed by atoms with van der Waals surface area (Å²) in [5.74, 6) is -0.555. The van der Waals surface area contributed by atoms with Gasteiger partial charge in [0.25, 0.3) is 5.69 Å². The maximum absolute atomic E-state index is 13.3. The molecule has 2 rings (SSSR count). The van der Waals surface area contributed by atoms with Crippen molar-refractivity contribution in [1.29, 1.82) is 0 Å². The molecular formula is C12H15FN2O2. The lowest BCUT2D eigenvalue weighted by Crippen LogP contribution is -2.39. The van der Waals surface area contributed by atoms with Crippen LogP contribution in [0.15, 0.2) is 18.2 Å². The van der Waals surface area contributed by atoms with E-state index in [0.29, 0.717) is 18.5 Å². The average molecular weight is 238 g/mol. The Morgan fingerprint density at radius 1 is 1.41 bits per heavy atom. The van der Waals surface area contributed by atoms with Gasteiger partial charge in [0.1, 0.15) is 5.82 Å². The van der Waals surface area contributed by atoms with Crippen molar-refractivity contribution in [3.63, 3.8) is 0 Å². The third kappa shape index (κ3) is 2.44. The van der Waals surface area contributed by atoms with E-state index < -0.39 is 10.7 Å². The fourth-order valence-corrected chi connectivity index (χ4v) is 2.40. The summed E-state index contributed by atoms with van der Waals surface area (Å²) < 4.78 is 13.3. The Labute approximate surface area is 98.8 Å². The van der Waals surface area contributed by atoms with Gasteiger partial charge in [-0.3, -0.25) is 10.1 Å². The minimum absolute atomic E-state index is 0.0294. The number of halogens is 1. The largest absolute Gasteiger partial charge is 0.330 e. The van der Waals surface area contributed by atoms with E-state index in [4.69, 9.17) is 5.73 Å². The van der Waals surface area contributed by atoms with E-state index in [-0.39, 0.29) is 11.1 Å². The van der Waals surface area contributed by atoms with Crippen molar-refractivity contribution in [3.05, 3.63) is 39.7 Å². The minimum Gasteiger partial charge on any atom is -0.330 e. The molecule has 0 bridgehead atoms. The molecule has 0 spiro atoms. The van der Waals surface area contributed by atoms with Gasteiger partial charge < -0.3 is 5.73 Å². The summed E-state index contributed by atoms with van der Waals surface area (Å²) in [4.78, 5) is 10.1. The number of nitro benzene ring substituents is 1. The predicted molar refractivity (Wildman–Crippen MR) is 62.1 cm³/mol. The molecule has 1 fully saturated rings. The number of benzene rings is 1. The molecule has 0 saturated heterocycles. The molecule has 0 atom stereocenters. The number of rotatable bonds is 4. The molecule has 92 valence electrons. The molecular weight excluding hydrogens is 223 g/mol. The molecule has 5 heteroatoms. The van der Waals surface area contributed by atoms with Crippen molar-refractivity contribution in [1.82, 2.24) is 0 Å². The smallest absolute Gasteiger partial charge is 0.272 e. The summed E-state index contributed by atoms with van der Waals surface area (Å²) in [6.07, 6.45) is 3.80. The van der Waals surface area contributed by atoms with Crippen LogP contribution in [0.5, 0.6) is 0 Å². The summed E-state index contributed by atoms with van der Waals surface area (Å²) in [6, 6.07) is 3.75. The van der Waals surface area contributed by atoms with E-state index in [1.165, 1.54) is 12.1 Å². The van der Waals surface area contributed by atoms with Crippen molar-refractivity contribution in [3.8, 4) is 0 Å². The minimum atomic E-state index is -0.567. The van der Waals surface area contributed by atoms with Crippen LogP contribution in [0.25, 0.3) is 0 Å². The van der Waals surface area contributed by atoms with Gasteiger partial charge >= 0.3 is 0 Å². The highest BCUT2D eigenvalue weighted by Crippen LogP contribution is 2.43. The van der Waals surface area contributed by atoms with Gasteiger partial charge in [-0.2, -0.15) is 0 Å². The van der Waals surface area contributed by atoms with Crippen molar-refractivity contribution < 1.29 is 9.31 Å². The summed E-state index contributed by atoms with van der Waals surface area (Å²) in [5.41, 5.74) is 6.23. The lowest BCUT2D eigenvalue weighted by Gasteiger charge is -2.41. The quantitative estimate of drug-likeness (QED) is 0.646. The zero-order valence-electron chi connectivity index (χ0n) is 9.49. The molecule has 0 heterocycles. The van der Waals surface area contributed by atoms with Crippen LogP contribution in [0.4, 0.5) is 10.1 Å². The Bertz CT molecular complexity index is 439. The Balaban J connectivity index is 2.23. The third-order valence-corrected chi connectivity index (χ3v) is 3.58. The predicted octanol–water partition coefficient (Wildman–Crippen LogP) is 2.41. The van der Waals surface area contributed by atoms with Gasteiger partial charge in [-0.25, -0.2) is 4.39 Å². The molecule has 1 aliphatic carbocycles. The van der Waals surface area contributed by atoms with Gasteiger partial charge in [-0.1, -0.05) is 6.42 Å². The molecule has 17 heavy (non-hydrogen) atoms. The molecule has 0 amide bonds. The Kier molecular flexibility index (Phi) is 3.11. The number of nitrogens with two attached hydrogens (primary N) is 1. The third-order valence-electron chi connectivity index (χ3n) is 3.58. The summed E-state index contributed by atoms with van der Waals surface area (Å²) in [6.45, 7) is 0.553. The first-order valence-electron chi connectivity index (χ1n) is 5.69. The van der Waals surface area contributed by atoms with E-state index in [0.717, 1.165) is 25.3 Å². The number of hydrogen-bond acceptors (Lipinski definition) is 3. The molecule has 1 aromatic carbocycles. The van der Waals surface area contributed by atoms with Crippen molar-refractivity contribution >= 4 is 5.69 Å². The van der Waals surface area contributed by atoms with Crippen molar-refractivity contribution in [2.75, 3.05) is 6.54 Å². The average Bonchev–Trinajstić information content (AvgIpc) is 2.22. The van der Waals surface area contributed by atoms with Crippen LogP contribution in [-0.4, -0.2) is 11.5 Å². The number of nitro groups is 1. The fourth-order valence-electron chi connectivity index (χ4n) is 2.40. The number of non-ortho nitro benzene ring substituents is 1. The second-order valence-electron chi connectivity index (χ2n) is 4.81. The lowest BCUT2D eigenvalue weighted by atomic mass is 9.65. The van der Waals surface area contributed by atoms with Crippen LogP contribution in [0.1, 0.15) is 24.8 Å². The second-order valence-corrected chi connectivity index (χ2v) is 4.81. The second kappa shape index (κ2) is 4.41. The fraction of sp³-hybridized carbons (Fsp3) is 0.500. The van der Waals surface area contributed by atoms with E-state index in [2.05, 4.69) is 0 Å². The Hall–Kier alpha value is -1.49. The zero-order chi connectivity index (χ0) is 12.5. The first-order valence-corrected chi connectivity index (χ1v) is 5.69. The SMILES string of the molecule is NCC1(Cc2cc(F)cc([N+](=O)[O-])c2)CCC1. The van der Waals surface area contributed by atoms with Gasteiger partial charge in [0.15, 0.2) is 0 Å². The maximum atomic E-state index is 13.3. The standard InChI is InChI=1S/C12H15FN2O2/c13-10-4-9(5-11(6-10)15(16)17)7-12(8-14)2-1-3-12/h4-6H,1-3,7-8,14H2. The highest BCUT2D eigenvalue weighted by molar-refractivity contribution is 5.36. The van der Waals surface area contributed by atoms with Gasteiger partial charge in [0.05, 0.1) is 11.0 Å². The molecule has 0 aromatic heterocycles. The van der Waals surface area contributed by atoms with E-state index >= 15 is 0 Å². The topological polar surface area (TPSA) is 69.2 Å².